The van der Waals surface area contributed by atoms with Gasteiger partial charge in [0.25, 0.3) is 10.2 Å². The van der Waals surface area contributed by atoms with Crippen LogP contribution in [0.25, 0.3) is 0 Å². The summed E-state index contributed by atoms with van der Waals surface area (Å²) in [6.45, 7) is 1.64. The Hall–Kier alpha value is -1.95. The van der Waals surface area contributed by atoms with Crippen molar-refractivity contribution in [2.24, 2.45) is 0 Å². The van der Waals surface area contributed by atoms with Crippen molar-refractivity contribution in [3.63, 3.8) is 0 Å². The maximum atomic E-state index is 12.5. The average molecular weight is 353 g/mol. The molecule has 1 aromatic rings. The van der Waals surface area contributed by atoms with Gasteiger partial charge in [-0.3, -0.25) is 4.79 Å². The van der Waals surface area contributed by atoms with Gasteiger partial charge in [-0.2, -0.15) is 22.7 Å². The fraction of sp³-hybridized carbons (Fsp3) is 0.500. The molecule has 2 atom stereocenters. The van der Waals surface area contributed by atoms with Gasteiger partial charge in [0.2, 0.25) is 0 Å². The molecule has 0 radical (unpaired) electrons. The summed E-state index contributed by atoms with van der Waals surface area (Å²) < 4.78 is 28.6. The first kappa shape index (κ1) is 20.1. The van der Waals surface area contributed by atoms with Crippen LogP contribution in [0.15, 0.2) is 30.3 Å². The maximum Gasteiger partial charge on any atom is 0.303 e. The van der Waals surface area contributed by atoms with Crippen LogP contribution in [0, 0.1) is 11.3 Å². The molecule has 0 bridgehead atoms. The van der Waals surface area contributed by atoms with E-state index in [-0.39, 0.29) is 19.3 Å². The topological polar surface area (TPSA) is 111 Å². The molecule has 0 aliphatic carbocycles. The van der Waals surface area contributed by atoms with Crippen molar-refractivity contribution < 1.29 is 18.3 Å². The fourth-order valence-corrected chi connectivity index (χ4v) is 3.53. The predicted octanol–water partition coefficient (Wildman–Crippen LogP) is 1.53. The van der Waals surface area contributed by atoms with Crippen LogP contribution >= 0.6 is 0 Å². The Kier molecular flexibility index (Phi) is 7.85. The van der Waals surface area contributed by atoms with Gasteiger partial charge >= 0.3 is 5.97 Å². The minimum atomic E-state index is -3.81. The van der Waals surface area contributed by atoms with E-state index in [1.807, 2.05) is 36.4 Å². The molecule has 132 valence electrons. The molecular weight excluding hydrogens is 330 g/mol. The molecule has 0 aliphatic rings. The molecular formula is C16H23N3O4S. The second kappa shape index (κ2) is 9.37. The summed E-state index contributed by atoms with van der Waals surface area (Å²) in [6.07, 6.45) is 0.533. The minimum absolute atomic E-state index is 0.0793. The van der Waals surface area contributed by atoms with Crippen LogP contribution in [-0.2, 0) is 21.4 Å². The molecule has 0 saturated carbocycles. The quantitative estimate of drug-likeness (QED) is 0.663. The molecule has 1 rings (SSSR count). The van der Waals surface area contributed by atoms with Gasteiger partial charge in [0.05, 0.1) is 12.5 Å². The van der Waals surface area contributed by atoms with E-state index in [1.54, 1.807) is 6.92 Å². The highest BCUT2D eigenvalue weighted by Crippen LogP contribution is 2.12. The van der Waals surface area contributed by atoms with E-state index < -0.39 is 28.3 Å². The lowest BCUT2D eigenvalue weighted by atomic mass is 10.0. The summed E-state index contributed by atoms with van der Waals surface area (Å²) in [5.41, 5.74) is 0.920. The van der Waals surface area contributed by atoms with Gasteiger partial charge in [0, 0.05) is 25.6 Å². The molecule has 0 aliphatic heterocycles. The molecule has 1 aromatic carbocycles. The third-order valence-electron chi connectivity index (χ3n) is 3.73. The van der Waals surface area contributed by atoms with E-state index in [9.17, 15) is 13.2 Å². The number of nitriles is 1. The lowest BCUT2D eigenvalue weighted by Crippen LogP contribution is -2.47. The van der Waals surface area contributed by atoms with Crippen molar-refractivity contribution in [1.82, 2.24) is 9.03 Å². The third-order valence-corrected chi connectivity index (χ3v) is 5.48. The molecule has 2 unspecified atom stereocenters. The number of benzene rings is 1. The van der Waals surface area contributed by atoms with E-state index in [4.69, 9.17) is 10.4 Å². The van der Waals surface area contributed by atoms with E-state index in [1.165, 1.54) is 7.05 Å². The number of hydrogen-bond acceptors (Lipinski definition) is 4. The lowest BCUT2D eigenvalue weighted by molar-refractivity contribution is -0.137. The number of hydrogen-bond donors (Lipinski definition) is 2. The predicted molar refractivity (Wildman–Crippen MR) is 90.3 cm³/mol. The molecule has 7 nitrogen and oxygen atoms in total. The van der Waals surface area contributed by atoms with E-state index >= 15 is 0 Å². The molecule has 0 heterocycles. The molecule has 0 spiro atoms. The SMILES string of the molecule is CC(CC#N)N(C)S(=O)(=O)NC(CCC(=O)O)Cc1ccccc1. The monoisotopic (exact) mass is 353 g/mol. The van der Waals surface area contributed by atoms with Crippen LogP contribution in [0.2, 0.25) is 0 Å². The first-order chi connectivity index (χ1) is 11.3. The summed E-state index contributed by atoms with van der Waals surface area (Å²) >= 11 is 0. The van der Waals surface area contributed by atoms with Crippen molar-refractivity contribution >= 4 is 16.2 Å². The highest BCUT2D eigenvalue weighted by Gasteiger charge is 2.26. The normalized spacial score (nSPS) is 14.1. The number of nitrogens with one attached hydrogen (secondary N) is 1. The fourth-order valence-electron chi connectivity index (χ4n) is 2.19. The van der Waals surface area contributed by atoms with Crippen LogP contribution in [0.4, 0.5) is 0 Å². The van der Waals surface area contributed by atoms with E-state index in [2.05, 4.69) is 4.72 Å². The zero-order valence-electron chi connectivity index (χ0n) is 13.8. The second-order valence-electron chi connectivity index (χ2n) is 5.67. The summed E-state index contributed by atoms with van der Waals surface area (Å²) in [5, 5.41) is 17.6. The number of carboxylic acids is 1. The highest BCUT2D eigenvalue weighted by atomic mass is 32.2. The van der Waals surface area contributed by atoms with Crippen molar-refractivity contribution in [2.45, 2.75) is 44.7 Å². The largest absolute Gasteiger partial charge is 0.481 e. The summed E-state index contributed by atoms with van der Waals surface area (Å²) in [6, 6.07) is 10.2. The number of aliphatic carboxylic acids is 1. The molecule has 0 aromatic heterocycles. The Morgan fingerprint density at radius 1 is 1.38 bits per heavy atom. The van der Waals surface area contributed by atoms with Crippen molar-refractivity contribution in [3.8, 4) is 6.07 Å². The summed E-state index contributed by atoms with van der Waals surface area (Å²) in [5.74, 6) is -0.974. The van der Waals surface area contributed by atoms with Crippen LogP contribution < -0.4 is 4.72 Å². The molecule has 8 heteroatoms. The molecule has 0 amide bonds. The van der Waals surface area contributed by atoms with Crippen LogP contribution in [-0.4, -0.2) is 42.9 Å². The van der Waals surface area contributed by atoms with Crippen LogP contribution in [0.5, 0.6) is 0 Å². The van der Waals surface area contributed by atoms with Gasteiger partial charge in [0.15, 0.2) is 0 Å². The van der Waals surface area contributed by atoms with Crippen molar-refractivity contribution in [2.75, 3.05) is 7.05 Å². The standard InChI is InChI=1S/C16H23N3O4S/c1-13(10-11-17)19(2)24(22,23)18-15(8-9-16(20)21)12-14-6-4-3-5-7-14/h3-7,13,15,18H,8-10,12H2,1-2H3,(H,20,21). The Bertz CT molecular complexity index is 670. The Morgan fingerprint density at radius 3 is 2.54 bits per heavy atom. The van der Waals surface area contributed by atoms with Gasteiger partial charge in [-0.15, -0.1) is 0 Å². The summed E-state index contributed by atoms with van der Waals surface area (Å²) in [7, 11) is -2.41. The first-order valence-corrected chi connectivity index (χ1v) is 9.08. The van der Waals surface area contributed by atoms with Crippen LogP contribution in [0.1, 0.15) is 31.7 Å². The van der Waals surface area contributed by atoms with Gasteiger partial charge in [-0.05, 0) is 25.3 Å². The van der Waals surface area contributed by atoms with Crippen molar-refractivity contribution in [3.05, 3.63) is 35.9 Å². The Labute approximate surface area is 143 Å². The summed E-state index contributed by atoms with van der Waals surface area (Å²) in [4.78, 5) is 10.8. The zero-order chi connectivity index (χ0) is 18.2. The lowest BCUT2D eigenvalue weighted by Gasteiger charge is -2.26. The van der Waals surface area contributed by atoms with Crippen LogP contribution in [0.3, 0.4) is 0 Å². The van der Waals surface area contributed by atoms with E-state index in [0.29, 0.717) is 6.42 Å². The minimum Gasteiger partial charge on any atom is -0.481 e. The second-order valence-corrected chi connectivity index (χ2v) is 7.43. The zero-order valence-corrected chi connectivity index (χ0v) is 14.7. The Balaban J connectivity index is 2.86. The highest BCUT2D eigenvalue weighted by molar-refractivity contribution is 7.87. The van der Waals surface area contributed by atoms with Gasteiger partial charge in [0.1, 0.15) is 0 Å². The molecule has 2 N–H and O–H groups in total. The van der Waals surface area contributed by atoms with Gasteiger partial charge in [-0.25, -0.2) is 0 Å². The van der Waals surface area contributed by atoms with Gasteiger partial charge in [-0.1, -0.05) is 30.3 Å². The number of rotatable bonds is 10. The van der Waals surface area contributed by atoms with Crippen molar-refractivity contribution in [1.29, 1.82) is 5.26 Å². The smallest absolute Gasteiger partial charge is 0.303 e. The van der Waals surface area contributed by atoms with Gasteiger partial charge < -0.3 is 5.11 Å². The first-order valence-electron chi connectivity index (χ1n) is 7.64. The molecule has 0 saturated heterocycles. The Morgan fingerprint density at radius 2 is 2.00 bits per heavy atom. The number of carbonyl (C=O) groups is 1. The molecule has 24 heavy (non-hydrogen) atoms. The average Bonchev–Trinajstić information content (AvgIpc) is 2.52. The maximum absolute atomic E-state index is 12.5. The molecule has 0 fully saturated rings. The number of carboxylic acid groups (broad SMARTS) is 1. The number of nitrogens with zero attached hydrogens (tertiary/aromatic N) is 2. The third kappa shape index (κ3) is 6.66. The van der Waals surface area contributed by atoms with E-state index in [0.717, 1.165) is 9.87 Å².